The summed E-state index contributed by atoms with van der Waals surface area (Å²) in [5, 5.41) is 2.97. The smallest absolute Gasteiger partial charge is 0.258 e. The second-order valence-corrected chi connectivity index (χ2v) is 6.86. The van der Waals surface area contributed by atoms with Crippen LogP contribution in [0.25, 0.3) is 5.65 Å². The lowest BCUT2D eigenvalue weighted by molar-refractivity contribution is -0.0333. The number of thiazole rings is 1. The third kappa shape index (κ3) is 2.98. The molecule has 3 aromatic heterocycles. The molecule has 1 aliphatic heterocycles. The van der Waals surface area contributed by atoms with Gasteiger partial charge >= 0.3 is 0 Å². The number of hydrogen-bond acceptors (Lipinski definition) is 6. The number of aryl methyl sites for hydroxylation is 1. The molecule has 4 rings (SSSR count). The first kappa shape index (κ1) is 15.4. The molecule has 1 atom stereocenters. The predicted octanol–water partition coefficient (Wildman–Crippen LogP) is 2.03. The van der Waals surface area contributed by atoms with Crippen LogP contribution in [0.15, 0.2) is 40.8 Å². The fourth-order valence-electron chi connectivity index (χ4n) is 3.01. The van der Waals surface area contributed by atoms with Crippen molar-refractivity contribution in [2.75, 3.05) is 19.7 Å². The number of aromatic nitrogens is 3. The van der Waals surface area contributed by atoms with E-state index in [-0.39, 0.29) is 11.7 Å². The fourth-order valence-corrected chi connectivity index (χ4v) is 3.69. The highest BCUT2D eigenvalue weighted by molar-refractivity contribution is 7.09. The molecule has 0 amide bonds. The van der Waals surface area contributed by atoms with Crippen LogP contribution in [0.4, 0.5) is 0 Å². The van der Waals surface area contributed by atoms with Crippen LogP contribution in [-0.4, -0.2) is 39.0 Å². The van der Waals surface area contributed by atoms with E-state index in [1.807, 2.05) is 24.4 Å². The van der Waals surface area contributed by atoms with Crippen LogP contribution < -0.4 is 5.56 Å². The summed E-state index contributed by atoms with van der Waals surface area (Å²) in [6.45, 7) is 4.87. The van der Waals surface area contributed by atoms with Crippen LogP contribution in [0, 0.1) is 6.92 Å². The Morgan fingerprint density at radius 1 is 1.46 bits per heavy atom. The first-order chi connectivity index (χ1) is 11.7. The summed E-state index contributed by atoms with van der Waals surface area (Å²) in [5.41, 5.74) is 2.49. The molecule has 7 heteroatoms. The van der Waals surface area contributed by atoms with Crippen molar-refractivity contribution in [1.82, 2.24) is 19.3 Å². The van der Waals surface area contributed by atoms with Crippen molar-refractivity contribution in [3.63, 3.8) is 0 Å². The normalized spacial score (nSPS) is 19.0. The van der Waals surface area contributed by atoms with Crippen LogP contribution in [0.3, 0.4) is 0 Å². The van der Waals surface area contributed by atoms with Crippen LogP contribution in [0.1, 0.15) is 22.4 Å². The molecule has 3 aromatic rings. The number of morpholine rings is 1. The second-order valence-electron chi connectivity index (χ2n) is 5.94. The molecule has 0 aromatic carbocycles. The quantitative estimate of drug-likeness (QED) is 0.729. The van der Waals surface area contributed by atoms with E-state index in [9.17, 15) is 4.79 Å². The minimum Gasteiger partial charge on any atom is -0.368 e. The van der Waals surface area contributed by atoms with Crippen molar-refractivity contribution in [2.24, 2.45) is 0 Å². The van der Waals surface area contributed by atoms with E-state index < -0.39 is 0 Å². The van der Waals surface area contributed by atoms with E-state index in [1.165, 1.54) is 0 Å². The zero-order chi connectivity index (χ0) is 16.5. The number of hydrogen-bond donors (Lipinski definition) is 0. The largest absolute Gasteiger partial charge is 0.368 e. The maximum atomic E-state index is 12.3. The van der Waals surface area contributed by atoms with E-state index in [4.69, 9.17) is 4.74 Å². The van der Waals surface area contributed by atoms with Crippen molar-refractivity contribution < 1.29 is 4.74 Å². The number of ether oxygens (including phenoxy) is 1. The van der Waals surface area contributed by atoms with Gasteiger partial charge in [0.05, 0.1) is 12.3 Å². The average molecular weight is 342 g/mol. The molecule has 0 unspecified atom stereocenters. The molecular weight excluding hydrogens is 324 g/mol. The molecule has 4 heterocycles. The number of nitrogens with zero attached hydrogens (tertiary/aromatic N) is 4. The van der Waals surface area contributed by atoms with Crippen LogP contribution in [-0.2, 0) is 11.3 Å². The van der Waals surface area contributed by atoms with Gasteiger partial charge in [0.15, 0.2) is 0 Å². The Morgan fingerprint density at radius 2 is 2.38 bits per heavy atom. The monoisotopic (exact) mass is 342 g/mol. The van der Waals surface area contributed by atoms with Gasteiger partial charge in [-0.1, -0.05) is 6.07 Å². The van der Waals surface area contributed by atoms with E-state index >= 15 is 0 Å². The van der Waals surface area contributed by atoms with Gasteiger partial charge in [0.1, 0.15) is 16.8 Å². The lowest BCUT2D eigenvalue weighted by Crippen LogP contribution is -2.38. The second kappa shape index (κ2) is 6.43. The van der Waals surface area contributed by atoms with E-state index in [0.717, 1.165) is 35.0 Å². The maximum Gasteiger partial charge on any atom is 0.258 e. The van der Waals surface area contributed by atoms with E-state index in [1.54, 1.807) is 34.2 Å². The van der Waals surface area contributed by atoms with Gasteiger partial charge in [-0.05, 0) is 18.6 Å². The number of fused-ring (bicyclic) bond motifs is 1. The van der Waals surface area contributed by atoms with Gasteiger partial charge in [-0.3, -0.25) is 14.1 Å². The molecule has 0 saturated carbocycles. The standard InChI is InChI=1S/C17H18N4O2S/c1-12-3-2-5-21-15(22)9-13(19-16(12)21)10-20-6-7-23-14(11-20)17-18-4-8-24-17/h2-5,8-9,14H,6-7,10-11H2,1H3/t14-/m0/s1. The first-order valence-corrected chi connectivity index (χ1v) is 8.80. The van der Waals surface area contributed by atoms with Crippen molar-refractivity contribution in [3.05, 3.63) is 62.6 Å². The Labute approximate surface area is 143 Å². The molecule has 0 N–H and O–H groups in total. The van der Waals surface area contributed by atoms with Gasteiger partial charge in [0.2, 0.25) is 0 Å². The summed E-state index contributed by atoms with van der Waals surface area (Å²) in [5.74, 6) is 0. The molecule has 0 bridgehead atoms. The SMILES string of the molecule is Cc1cccn2c(=O)cc(CN3CCO[C@H](c4nccs4)C3)nc12. The minimum atomic E-state index is -0.0385. The molecule has 124 valence electrons. The van der Waals surface area contributed by atoms with Crippen molar-refractivity contribution in [1.29, 1.82) is 0 Å². The van der Waals surface area contributed by atoms with Gasteiger partial charge in [-0.25, -0.2) is 9.97 Å². The Balaban J connectivity index is 1.58. The van der Waals surface area contributed by atoms with Gasteiger partial charge in [-0.2, -0.15) is 0 Å². The fraction of sp³-hybridized carbons (Fsp3) is 0.353. The van der Waals surface area contributed by atoms with Crippen molar-refractivity contribution in [3.8, 4) is 0 Å². The van der Waals surface area contributed by atoms with Crippen LogP contribution >= 0.6 is 11.3 Å². The average Bonchev–Trinajstić information content (AvgIpc) is 3.11. The molecule has 6 nitrogen and oxygen atoms in total. The van der Waals surface area contributed by atoms with Gasteiger partial charge in [0.25, 0.3) is 5.56 Å². The molecule has 24 heavy (non-hydrogen) atoms. The third-order valence-electron chi connectivity index (χ3n) is 4.20. The molecule has 1 fully saturated rings. The molecule has 0 aliphatic carbocycles. The van der Waals surface area contributed by atoms with Gasteiger partial charge in [0, 0.05) is 43.5 Å². The summed E-state index contributed by atoms with van der Waals surface area (Å²) in [7, 11) is 0. The zero-order valence-corrected chi connectivity index (χ0v) is 14.2. The maximum absolute atomic E-state index is 12.3. The van der Waals surface area contributed by atoms with E-state index in [0.29, 0.717) is 13.2 Å². The zero-order valence-electron chi connectivity index (χ0n) is 13.4. The third-order valence-corrected chi connectivity index (χ3v) is 5.07. The van der Waals surface area contributed by atoms with Crippen LogP contribution in [0.2, 0.25) is 0 Å². The van der Waals surface area contributed by atoms with Gasteiger partial charge < -0.3 is 4.74 Å². The first-order valence-electron chi connectivity index (χ1n) is 7.92. The lowest BCUT2D eigenvalue weighted by atomic mass is 10.2. The highest BCUT2D eigenvalue weighted by Gasteiger charge is 2.24. The topological polar surface area (TPSA) is 59.7 Å². The highest BCUT2D eigenvalue weighted by atomic mass is 32.1. The minimum absolute atomic E-state index is 0.00189. The molecule has 1 saturated heterocycles. The predicted molar refractivity (Wildman–Crippen MR) is 92.3 cm³/mol. The van der Waals surface area contributed by atoms with E-state index in [2.05, 4.69) is 14.9 Å². The Hall–Kier alpha value is -2.09. The molecule has 0 radical (unpaired) electrons. The molecular formula is C17H18N4O2S. The lowest BCUT2D eigenvalue weighted by Gasteiger charge is -2.31. The van der Waals surface area contributed by atoms with Crippen LogP contribution in [0.5, 0.6) is 0 Å². The summed E-state index contributed by atoms with van der Waals surface area (Å²) in [6, 6.07) is 5.46. The van der Waals surface area contributed by atoms with Crippen molar-refractivity contribution in [2.45, 2.75) is 19.6 Å². The molecule has 1 aliphatic rings. The summed E-state index contributed by atoms with van der Waals surface area (Å²) in [4.78, 5) is 23.6. The number of rotatable bonds is 3. The van der Waals surface area contributed by atoms with Gasteiger partial charge in [-0.15, -0.1) is 11.3 Å². The summed E-state index contributed by atoms with van der Waals surface area (Å²) < 4.78 is 7.42. The molecule has 0 spiro atoms. The summed E-state index contributed by atoms with van der Waals surface area (Å²) >= 11 is 1.61. The Kier molecular flexibility index (Phi) is 4.13. The Bertz CT molecular complexity index is 907. The Morgan fingerprint density at radius 3 is 3.21 bits per heavy atom. The number of pyridine rings is 1. The highest BCUT2D eigenvalue weighted by Crippen LogP contribution is 2.24. The summed E-state index contributed by atoms with van der Waals surface area (Å²) in [6.07, 6.45) is 3.56. The van der Waals surface area contributed by atoms with Crippen molar-refractivity contribution >= 4 is 17.0 Å².